The van der Waals surface area contributed by atoms with Crippen LogP contribution >= 0.6 is 0 Å². The zero-order valence-electron chi connectivity index (χ0n) is 7.46. The van der Waals surface area contributed by atoms with Crippen LogP contribution in [0.15, 0.2) is 0 Å². The van der Waals surface area contributed by atoms with Gasteiger partial charge in [0.05, 0.1) is 0 Å². The predicted octanol–water partition coefficient (Wildman–Crippen LogP) is 1.88. The molecular weight excluding hydrogens is 267 g/mol. The molecule has 4 nitrogen and oxygen atoms in total. The quantitative estimate of drug-likeness (QED) is 0.570. The van der Waals surface area contributed by atoms with E-state index in [9.17, 15) is 7.87 Å². The summed E-state index contributed by atoms with van der Waals surface area (Å²) in [6.45, 7) is 3.95. The third kappa shape index (κ3) is 6.57. The topological polar surface area (TPSA) is 52.6 Å². The Morgan fingerprint density at radius 1 is 1.42 bits per heavy atom. The van der Waals surface area contributed by atoms with Gasteiger partial charge in [-0.15, -0.1) is 0 Å². The molecule has 0 aromatic heterocycles. The van der Waals surface area contributed by atoms with Gasteiger partial charge in [0.25, 0.3) is 0 Å². The van der Waals surface area contributed by atoms with Crippen molar-refractivity contribution in [1.82, 2.24) is 0 Å². The second kappa shape index (κ2) is 7.51. The third-order valence-corrected chi connectivity index (χ3v) is 4.49. The Hall–Kier alpha value is -0.131. The monoisotopic (exact) mass is 282 g/mol. The van der Waals surface area contributed by atoms with Gasteiger partial charge in [0.15, 0.2) is 0 Å². The average molecular weight is 281 g/mol. The van der Waals surface area contributed by atoms with E-state index in [1.807, 2.05) is 6.92 Å². The van der Waals surface area contributed by atoms with Crippen LogP contribution in [0.1, 0.15) is 26.7 Å². The fourth-order valence-corrected chi connectivity index (χ4v) is 3.44. The van der Waals surface area contributed by atoms with E-state index in [2.05, 4.69) is 7.81 Å². The van der Waals surface area contributed by atoms with Crippen LogP contribution in [0.3, 0.4) is 0 Å². The molecule has 0 aliphatic heterocycles. The van der Waals surface area contributed by atoms with Crippen LogP contribution in [0, 0.1) is 0 Å². The first kappa shape index (κ1) is 11.9. The number of hydrogen-bond acceptors (Lipinski definition) is 4. The molecule has 0 fully saturated rings. The first-order chi connectivity index (χ1) is 5.70. The van der Waals surface area contributed by atoms with Gasteiger partial charge in [-0.2, -0.15) is 0 Å². The Morgan fingerprint density at radius 2 is 2.08 bits per heavy atom. The van der Waals surface area contributed by atoms with Gasteiger partial charge >= 0.3 is 79.7 Å². The second-order valence-corrected chi connectivity index (χ2v) is 6.39. The van der Waals surface area contributed by atoms with Crippen molar-refractivity contribution in [3.05, 3.63) is 0 Å². The standard InChI is InChI=1S/C4H9.C3H6O3.O.Sn/c1-3-4-2;1-2-6-3(4)5;;/h1,3-4H2,2H3;2H2,1H3,(H,4,5);;/q;;;+1/p-1. The summed E-state index contributed by atoms with van der Waals surface area (Å²) < 4.78 is 20.7. The van der Waals surface area contributed by atoms with Gasteiger partial charge in [0.1, 0.15) is 0 Å². The molecule has 0 radical (unpaired) electrons. The van der Waals surface area contributed by atoms with E-state index >= 15 is 0 Å². The Morgan fingerprint density at radius 3 is 2.58 bits per heavy atom. The normalized spacial score (nSPS) is 9.17. The minimum absolute atomic E-state index is 0.267. The van der Waals surface area contributed by atoms with Crippen molar-refractivity contribution in [3.63, 3.8) is 0 Å². The van der Waals surface area contributed by atoms with Crippen molar-refractivity contribution in [2.24, 2.45) is 0 Å². The molecule has 0 heterocycles. The van der Waals surface area contributed by atoms with Crippen LogP contribution in [0.25, 0.3) is 0 Å². The fraction of sp³-hybridized carbons (Fsp3) is 0.857. The van der Waals surface area contributed by atoms with E-state index in [1.165, 1.54) is 0 Å². The van der Waals surface area contributed by atoms with E-state index in [0.717, 1.165) is 12.8 Å². The molecule has 0 amide bonds. The second-order valence-electron chi connectivity index (χ2n) is 2.26. The van der Waals surface area contributed by atoms with Gasteiger partial charge in [-0.05, 0) is 0 Å². The first-order valence-electron chi connectivity index (χ1n) is 4.08. The van der Waals surface area contributed by atoms with E-state index in [-0.39, 0.29) is 6.61 Å². The third-order valence-electron chi connectivity index (χ3n) is 1.19. The maximum atomic E-state index is 11.0. The van der Waals surface area contributed by atoms with Gasteiger partial charge in [-0.1, -0.05) is 0 Å². The van der Waals surface area contributed by atoms with E-state index in [0.29, 0.717) is 4.44 Å². The van der Waals surface area contributed by atoms with Gasteiger partial charge in [0.2, 0.25) is 0 Å². The van der Waals surface area contributed by atoms with Crippen molar-refractivity contribution < 1.29 is 15.7 Å². The molecule has 12 heavy (non-hydrogen) atoms. The summed E-state index contributed by atoms with van der Waals surface area (Å²) in [5.41, 5.74) is 0. The molecule has 0 bridgehead atoms. The predicted molar refractivity (Wildman–Crippen MR) is 44.3 cm³/mol. The van der Waals surface area contributed by atoms with E-state index < -0.39 is 26.3 Å². The summed E-state index contributed by atoms with van der Waals surface area (Å²) >= 11 is -3.06. The number of unbranched alkanes of at least 4 members (excludes halogenated alkanes) is 1. The first-order valence-corrected chi connectivity index (χ1v) is 8.43. The van der Waals surface area contributed by atoms with Crippen LogP contribution in [-0.2, 0) is 10.9 Å². The molecule has 70 valence electrons. The van der Waals surface area contributed by atoms with Crippen molar-refractivity contribution >= 4 is 26.3 Å². The molecule has 0 unspecified atom stereocenters. The molecule has 0 aromatic rings. The number of hydrogen-bond donors (Lipinski definition) is 0. The summed E-state index contributed by atoms with van der Waals surface area (Å²) in [6.07, 6.45) is 1.05. The molecule has 0 rings (SSSR count). The summed E-state index contributed by atoms with van der Waals surface area (Å²) in [4.78, 5) is 10.6. The SMILES string of the molecule is CCC[CH2][Sn](=[O])[O]C(=O)OCC. The van der Waals surface area contributed by atoms with Crippen molar-refractivity contribution in [3.8, 4) is 0 Å². The van der Waals surface area contributed by atoms with Gasteiger partial charge in [-0.25, -0.2) is 0 Å². The van der Waals surface area contributed by atoms with Crippen molar-refractivity contribution in [2.45, 2.75) is 31.1 Å². The maximum absolute atomic E-state index is 11.0. The van der Waals surface area contributed by atoms with Gasteiger partial charge in [0, 0.05) is 0 Å². The van der Waals surface area contributed by atoms with Crippen molar-refractivity contribution in [1.29, 1.82) is 0 Å². The Labute approximate surface area is 79.9 Å². The molecule has 0 saturated carbocycles. The summed E-state index contributed by atoms with van der Waals surface area (Å²) in [5, 5.41) is 0. The van der Waals surface area contributed by atoms with Crippen LogP contribution in [0.2, 0.25) is 4.44 Å². The molecule has 0 aliphatic carbocycles. The number of carbonyl (C=O) groups is 1. The van der Waals surface area contributed by atoms with Crippen LogP contribution in [0.5, 0.6) is 0 Å². The summed E-state index contributed by atoms with van der Waals surface area (Å²) in [7, 11) is 0. The molecule has 0 spiro atoms. The molecule has 0 aliphatic rings. The van der Waals surface area contributed by atoms with Crippen LogP contribution in [0.4, 0.5) is 4.79 Å². The zero-order valence-corrected chi connectivity index (χ0v) is 10.3. The fourth-order valence-electron chi connectivity index (χ4n) is 0.612. The Bertz CT molecular complexity index is 157. The van der Waals surface area contributed by atoms with Crippen LogP contribution < -0.4 is 0 Å². The molecule has 0 saturated heterocycles. The molecule has 0 atom stereocenters. The number of carbonyl (C=O) groups excluding carboxylic acids is 1. The Balaban J connectivity index is 3.47. The van der Waals surface area contributed by atoms with E-state index in [4.69, 9.17) is 0 Å². The number of rotatable bonds is 5. The molecular formula is C7H14O4Sn. The summed E-state index contributed by atoms with van der Waals surface area (Å²) in [5.74, 6) is 0. The van der Waals surface area contributed by atoms with E-state index in [1.54, 1.807) is 6.92 Å². The average Bonchev–Trinajstić information content (AvgIpc) is 2.01. The molecule has 5 heteroatoms. The number of ether oxygens (including phenoxy) is 1. The Kier molecular flexibility index (Phi) is 7.43. The van der Waals surface area contributed by atoms with Crippen LogP contribution in [-0.4, -0.2) is 32.9 Å². The van der Waals surface area contributed by atoms with Gasteiger partial charge < -0.3 is 0 Å². The minimum atomic E-state index is -3.06. The van der Waals surface area contributed by atoms with Gasteiger partial charge in [-0.3, -0.25) is 0 Å². The summed E-state index contributed by atoms with van der Waals surface area (Å²) in [6, 6.07) is 0. The van der Waals surface area contributed by atoms with Crippen molar-refractivity contribution in [2.75, 3.05) is 6.61 Å². The zero-order chi connectivity index (χ0) is 9.40. The molecule has 0 aromatic carbocycles. The molecule has 0 N–H and O–H groups in total.